The van der Waals surface area contributed by atoms with Gasteiger partial charge in [-0.1, -0.05) is 25.2 Å². The van der Waals surface area contributed by atoms with Crippen LogP contribution >= 0.6 is 43.3 Å². The highest BCUT2D eigenvalue weighted by Gasteiger charge is 2.47. The van der Waals surface area contributed by atoms with Crippen molar-refractivity contribution in [2.24, 2.45) is 5.92 Å². The molecule has 2 saturated heterocycles. The zero-order chi connectivity index (χ0) is 49.9. The SMILES string of the molecule is C=C=C=C=C=C=C=C=C=C=C=C(CC(=O)CCCCCNC(=O)CCSC1C=CN(C2OC(COP(=O)(O)O)C(OC)C2C)C(=O)C1)OP(=O)(O)OCC1OC(n2cc(Br)c(=O)[nH]c2=O)CC1O. The van der Waals surface area contributed by atoms with E-state index in [4.69, 9.17) is 33.0 Å². The lowest BCUT2D eigenvalue weighted by atomic mass is 10.0. The van der Waals surface area contributed by atoms with E-state index in [1.807, 2.05) is 6.08 Å². The van der Waals surface area contributed by atoms with Crippen molar-refractivity contribution in [3.05, 3.63) is 113 Å². The van der Waals surface area contributed by atoms with Crippen LogP contribution in [0.2, 0.25) is 0 Å². The Morgan fingerprint density at radius 1 is 0.985 bits per heavy atom. The number of thioether (sulfide) groups is 1. The summed E-state index contributed by atoms with van der Waals surface area (Å²) in [6.45, 7) is 4.39. The lowest BCUT2D eigenvalue weighted by Gasteiger charge is -2.32. The number of nitrogens with zero attached hydrogens (tertiary/aromatic N) is 2. The maximum Gasteiger partial charge on any atom is 0.527 e. The number of allylic oxidation sites excluding steroid dienone is 1. The number of carbonyl (C=O) groups excluding carboxylic acids is 3. The van der Waals surface area contributed by atoms with Gasteiger partial charge in [0.05, 0.1) is 36.3 Å². The minimum atomic E-state index is -4.98. The molecule has 0 bridgehead atoms. The Balaban J connectivity index is 1.22. The Hall–Kier alpha value is -4.70. The van der Waals surface area contributed by atoms with E-state index in [0.717, 1.165) is 4.57 Å². The van der Waals surface area contributed by atoms with E-state index in [1.165, 1.54) is 30.0 Å². The number of ketones is 1. The van der Waals surface area contributed by atoms with Crippen molar-refractivity contribution < 1.29 is 71.1 Å². The molecule has 6 N–H and O–H groups in total. The molecule has 4 heterocycles. The second-order valence-electron chi connectivity index (χ2n) is 14.9. The summed E-state index contributed by atoms with van der Waals surface area (Å²) in [7, 11) is -8.27. The number of phosphoric ester groups is 2. The van der Waals surface area contributed by atoms with E-state index in [-0.39, 0.29) is 58.9 Å². The molecule has 9 unspecified atom stereocenters. The molecule has 25 heteroatoms. The summed E-state index contributed by atoms with van der Waals surface area (Å²) in [6.07, 6.45) is 0.377. The number of amides is 2. The molecule has 366 valence electrons. The lowest BCUT2D eigenvalue weighted by molar-refractivity contribution is -0.143. The van der Waals surface area contributed by atoms with Crippen molar-refractivity contribution in [2.45, 2.75) is 100 Å². The smallest absolute Gasteiger partial charge is 0.399 e. The molecule has 2 amide bonds. The van der Waals surface area contributed by atoms with Crippen molar-refractivity contribution in [1.82, 2.24) is 19.8 Å². The number of aromatic amines is 1. The minimum Gasteiger partial charge on any atom is -0.399 e. The number of hydrogen-bond acceptors (Lipinski definition) is 15. The summed E-state index contributed by atoms with van der Waals surface area (Å²) in [5.74, 6) is -1.11. The van der Waals surface area contributed by atoms with Gasteiger partial charge in [0.25, 0.3) is 5.56 Å². The van der Waals surface area contributed by atoms with Gasteiger partial charge in [-0.3, -0.25) is 47.6 Å². The molecule has 2 fully saturated rings. The molecular formula is C43H49BrN4O17P2S. The summed E-state index contributed by atoms with van der Waals surface area (Å²) >= 11 is 4.46. The molecule has 9 atom stereocenters. The highest BCUT2D eigenvalue weighted by molar-refractivity contribution is 9.10. The van der Waals surface area contributed by atoms with Gasteiger partial charge in [-0.25, -0.2) is 13.9 Å². The Morgan fingerprint density at radius 2 is 1.68 bits per heavy atom. The maximum absolute atomic E-state index is 13.1. The molecule has 0 radical (unpaired) electrons. The van der Waals surface area contributed by atoms with Crippen molar-refractivity contribution in [3.63, 3.8) is 0 Å². The summed E-state index contributed by atoms with van der Waals surface area (Å²) in [4.78, 5) is 94.8. The van der Waals surface area contributed by atoms with Gasteiger partial charge in [0, 0.05) is 68.7 Å². The van der Waals surface area contributed by atoms with E-state index < -0.39 is 89.2 Å². The van der Waals surface area contributed by atoms with Crippen LogP contribution in [-0.4, -0.2) is 120 Å². The summed E-state index contributed by atoms with van der Waals surface area (Å²) < 4.78 is 57.1. The average molecular weight is 1070 g/mol. The number of aliphatic hydroxyl groups is 1. The van der Waals surface area contributed by atoms with Crippen LogP contribution in [-0.2, 0) is 51.3 Å². The molecule has 0 spiro atoms. The number of H-pyrrole nitrogens is 1. The number of methoxy groups -OCH3 is 1. The zero-order valence-electron chi connectivity index (χ0n) is 36.7. The number of ether oxygens (including phenoxy) is 3. The third kappa shape index (κ3) is 18.7. The number of nitrogens with one attached hydrogen (secondary N) is 2. The van der Waals surface area contributed by atoms with Gasteiger partial charge < -0.3 is 38.9 Å². The zero-order valence-corrected chi connectivity index (χ0v) is 40.9. The topological polar surface area (TPSA) is 292 Å². The summed E-state index contributed by atoms with van der Waals surface area (Å²) in [6, 6.07) is 0. The van der Waals surface area contributed by atoms with Crippen molar-refractivity contribution in [3.8, 4) is 0 Å². The molecule has 0 aliphatic carbocycles. The van der Waals surface area contributed by atoms with Gasteiger partial charge in [0.1, 0.15) is 30.4 Å². The predicted molar refractivity (Wildman–Crippen MR) is 244 cm³/mol. The molecule has 3 aliphatic rings. The average Bonchev–Trinajstić information content (AvgIpc) is 3.80. The van der Waals surface area contributed by atoms with Crippen molar-refractivity contribution in [1.29, 1.82) is 0 Å². The third-order valence-electron chi connectivity index (χ3n) is 9.99. The van der Waals surface area contributed by atoms with Crippen LogP contribution in [0.25, 0.3) is 0 Å². The highest BCUT2D eigenvalue weighted by atomic mass is 79.9. The second kappa shape index (κ2) is 27.5. The van der Waals surface area contributed by atoms with Crippen LogP contribution in [0.4, 0.5) is 0 Å². The molecule has 0 aromatic carbocycles. The predicted octanol–water partition coefficient (Wildman–Crippen LogP) is 3.50. The van der Waals surface area contributed by atoms with Crippen molar-refractivity contribution in [2.75, 3.05) is 32.6 Å². The van der Waals surface area contributed by atoms with E-state index in [0.29, 0.717) is 31.6 Å². The molecule has 68 heavy (non-hydrogen) atoms. The lowest BCUT2D eigenvalue weighted by Crippen LogP contribution is -2.43. The monoisotopic (exact) mass is 1070 g/mol. The largest absolute Gasteiger partial charge is 0.527 e. The standard InChI is InChI=1S/C43H49BrN4O17P2S/c1-4-5-6-7-8-9-10-11-14-17-31(65-67(58,59)62-27-35-34(50)25-39(63-35)48-26-33(44)41(53)46-43(48)54)23-30(49)16-13-12-15-20-45-37(51)19-22-68-32-18-21-47(38(52)24-32)42-29(2)40(60-3)36(64-42)28-61-66(55,56)57/h18,21,26,29,32,34-36,39-40,42,50H,1,12-13,15-16,19-20,22-25,27-28H2,2-3H3,(H,45,51)(H,58,59)(H,46,53,54)(H2,55,56,57). The first-order valence-electron chi connectivity index (χ1n) is 20.7. The van der Waals surface area contributed by atoms with Gasteiger partial charge in [0.2, 0.25) is 11.8 Å². The van der Waals surface area contributed by atoms with Gasteiger partial charge in [-0.15, -0.1) is 0 Å². The molecule has 0 saturated carbocycles. The number of hydrogen-bond donors (Lipinski definition) is 6. The van der Waals surface area contributed by atoms with Crippen LogP contribution in [0.1, 0.15) is 64.5 Å². The number of rotatable bonds is 23. The fourth-order valence-corrected chi connectivity index (χ4v) is 9.30. The molecular weight excluding hydrogens is 1020 g/mol. The number of aromatic nitrogens is 2. The van der Waals surface area contributed by atoms with Gasteiger partial charge in [0.15, 0.2) is 5.76 Å². The summed E-state index contributed by atoms with van der Waals surface area (Å²) in [5, 5.41) is 13.2. The van der Waals surface area contributed by atoms with E-state index >= 15 is 0 Å². The molecule has 1 aromatic rings. The first-order valence-corrected chi connectivity index (χ1v) is 25.6. The quantitative estimate of drug-likeness (QED) is 0.0396. The molecule has 1 aromatic heterocycles. The number of Topliss-reactive ketones (excluding diaryl/α,β-unsaturated/α-hetero) is 1. The fraction of sp³-hybridized carbons (Fsp3) is 0.512. The Labute approximate surface area is 402 Å². The second-order valence-corrected chi connectivity index (χ2v) is 19.8. The number of carbonyl (C=O) groups is 3. The van der Waals surface area contributed by atoms with E-state index in [2.05, 4.69) is 94.6 Å². The maximum atomic E-state index is 13.1. The Bertz CT molecular complexity index is 2680. The highest BCUT2D eigenvalue weighted by Crippen LogP contribution is 2.47. The van der Waals surface area contributed by atoms with Crippen LogP contribution < -0.4 is 16.6 Å². The van der Waals surface area contributed by atoms with E-state index in [1.54, 1.807) is 13.1 Å². The van der Waals surface area contributed by atoms with E-state index in [9.17, 15) is 43.1 Å². The van der Waals surface area contributed by atoms with Gasteiger partial charge >= 0.3 is 21.3 Å². The van der Waals surface area contributed by atoms with Crippen LogP contribution in [0.15, 0.2) is 102 Å². The van der Waals surface area contributed by atoms with Crippen LogP contribution in [0.3, 0.4) is 0 Å². The van der Waals surface area contributed by atoms with Crippen LogP contribution in [0, 0.1) is 5.92 Å². The number of aliphatic hydroxyl groups excluding tert-OH is 1. The molecule has 3 aliphatic heterocycles. The number of unbranched alkanes of at least 4 members (excludes halogenated alkanes) is 2. The van der Waals surface area contributed by atoms with Gasteiger partial charge in [-0.05, 0) is 86.9 Å². The first kappa shape index (κ1) is 55.9. The van der Waals surface area contributed by atoms with Crippen LogP contribution in [0.5, 0.6) is 0 Å². The first-order chi connectivity index (χ1) is 32.3. The Morgan fingerprint density at radius 3 is 2.35 bits per heavy atom. The minimum absolute atomic E-state index is 0.0343. The number of phosphoric acid groups is 2. The molecule has 21 nitrogen and oxygen atoms in total. The van der Waals surface area contributed by atoms with Crippen molar-refractivity contribution >= 4 is 60.9 Å². The normalized spacial score (nSPS) is 23.7. The van der Waals surface area contributed by atoms with Gasteiger partial charge in [-0.2, -0.15) is 11.8 Å². The fourth-order valence-electron chi connectivity index (χ4n) is 6.82. The summed E-state index contributed by atoms with van der Waals surface area (Å²) in [5.41, 5.74) is 22.6. The third-order valence-corrected chi connectivity index (χ3v) is 13.2. The number of halogens is 1. The molecule has 4 rings (SSSR count). The Kier molecular flexibility index (Phi) is 22.6.